The van der Waals surface area contributed by atoms with Gasteiger partial charge in [0.2, 0.25) is 0 Å². The standard InChI is InChI=1S/C18H19ClN2O3S/c1-2-23-18(22)21-20-13-14-3-7-16(8-4-14)24-11-12-25-17-9-5-15(19)6-10-17/h3-10,13H,2,11-12H2,1H3,(H,21,22)/b20-13-. The number of rotatable bonds is 8. The Kier molecular flexibility index (Phi) is 8.15. The number of benzene rings is 2. The molecule has 0 aliphatic carbocycles. The molecule has 7 heteroatoms. The first-order valence-electron chi connectivity index (χ1n) is 7.74. The van der Waals surface area contributed by atoms with Gasteiger partial charge in [0.25, 0.3) is 0 Å². The largest absolute Gasteiger partial charge is 0.493 e. The fourth-order valence-electron chi connectivity index (χ4n) is 1.82. The van der Waals surface area contributed by atoms with Gasteiger partial charge in [-0.05, 0) is 61.0 Å². The topological polar surface area (TPSA) is 59.9 Å². The zero-order valence-electron chi connectivity index (χ0n) is 13.8. The molecule has 0 aliphatic rings. The summed E-state index contributed by atoms with van der Waals surface area (Å²) >= 11 is 7.57. The van der Waals surface area contributed by atoms with Crippen LogP contribution in [-0.4, -0.2) is 31.3 Å². The fraction of sp³-hybridized carbons (Fsp3) is 0.222. The van der Waals surface area contributed by atoms with Crippen LogP contribution in [-0.2, 0) is 4.74 Å². The number of nitrogens with zero attached hydrogens (tertiary/aromatic N) is 1. The number of hydrazone groups is 1. The molecule has 1 N–H and O–H groups in total. The van der Waals surface area contributed by atoms with Gasteiger partial charge in [0.1, 0.15) is 5.75 Å². The highest BCUT2D eigenvalue weighted by molar-refractivity contribution is 7.99. The van der Waals surface area contributed by atoms with E-state index in [2.05, 4.69) is 10.5 Å². The van der Waals surface area contributed by atoms with E-state index in [9.17, 15) is 4.79 Å². The van der Waals surface area contributed by atoms with Gasteiger partial charge < -0.3 is 9.47 Å². The van der Waals surface area contributed by atoms with Gasteiger partial charge in [-0.25, -0.2) is 10.2 Å². The molecule has 0 fully saturated rings. The summed E-state index contributed by atoms with van der Waals surface area (Å²) in [6, 6.07) is 15.2. The molecule has 5 nitrogen and oxygen atoms in total. The lowest BCUT2D eigenvalue weighted by Crippen LogP contribution is -2.18. The molecule has 1 amide bonds. The molecule has 0 atom stereocenters. The van der Waals surface area contributed by atoms with Gasteiger partial charge in [0.15, 0.2) is 0 Å². The van der Waals surface area contributed by atoms with Crippen molar-refractivity contribution in [3.05, 3.63) is 59.1 Å². The summed E-state index contributed by atoms with van der Waals surface area (Å²) in [6.45, 7) is 2.64. The molecule has 0 spiro atoms. The second-order valence-corrected chi connectivity index (χ2v) is 6.42. The summed E-state index contributed by atoms with van der Waals surface area (Å²) in [7, 11) is 0. The van der Waals surface area contributed by atoms with Crippen molar-refractivity contribution in [2.24, 2.45) is 5.10 Å². The number of carbonyl (C=O) groups is 1. The number of hydrogen-bond donors (Lipinski definition) is 1. The predicted octanol–water partition coefficient (Wildman–Crippen LogP) is 4.59. The molecule has 0 bridgehead atoms. The highest BCUT2D eigenvalue weighted by Crippen LogP contribution is 2.20. The molecular formula is C18H19ClN2O3S. The van der Waals surface area contributed by atoms with E-state index in [0.29, 0.717) is 13.2 Å². The number of thioether (sulfide) groups is 1. The summed E-state index contributed by atoms with van der Waals surface area (Å²) in [5, 5.41) is 4.54. The molecule has 0 saturated carbocycles. The minimum absolute atomic E-state index is 0.309. The molecule has 0 aromatic heterocycles. The smallest absolute Gasteiger partial charge is 0.427 e. The van der Waals surface area contributed by atoms with Crippen molar-refractivity contribution in [1.82, 2.24) is 5.43 Å². The Hall–Kier alpha value is -2.18. The fourth-order valence-corrected chi connectivity index (χ4v) is 2.68. The molecule has 0 saturated heterocycles. The van der Waals surface area contributed by atoms with Crippen LogP contribution in [0.15, 0.2) is 58.5 Å². The highest BCUT2D eigenvalue weighted by Gasteiger charge is 1.98. The zero-order chi connectivity index (χ0) is 17.9. The van der Waals surface area contributed by atoms with Crippen LogP contribution >= 0.6 is 23.4 Å². The number of ether oxygens (including phenoxy) is 2. The lowest BCUT2D eigenvalue weighted by atomic mass is 10.2. The van der Waals surface area contributed by atoms with Crippen molar-refractivity contribution in [3.63, 3.8) is 0 Å². The molecule has 0 radical (unpaired) electrons. The Balaban J connectivity index is 1.70. The quantitative estimate of drug-likeness (QED) is 0.316. The maximum atomic E-state index is 11.1. The minimum atomic E-state index is -0.572. The number of halogens is 1. The van der Waals surface area contributed by atoms with Crippen LogP contribution < -0.4 is 10.2 Å². The zero-order valence-corrected chi connectivity index (χ0v) is 15.3. The van der Waals surface area contributed by atoms with E-state index in [1.165, 1.54) is 6.21 Å². The second kappa shape index (κ2) is 10.6. The Morgan fingerprint density at radius 3 is 2.60 bits per heavy atom. The van der Waals surface area contributed by atoms with Gasteiger partial charge in [0, 0.05) is 15.7 Å². The number of amides is 1. The first kappa shape index (κ1) is 19.1. The van der Waals surface area contributed by atoms with Crippen molar-refractivity contribution in [3.8, 4) is 5.75 Å². The van der Waals surface area contributed by atoms with Crippen LogP contribution in [0, 0.1) is 0 Å². The lowest BCUT2D eigenvalue weighted by molar-refractivity contribution is 0.152. The van der Waals surface area contributed by atoms with E-state index in [1.54, 1.807) is 18.7 Å². The van der Waals surface area contributed by atoms with Gasteiger partial charge in [-0.1, -0.05) is 11.6 Å². The van der Waals surface area contributed by atoms with Crippen molar-refractivity contribution >= 4 is 35.7 Å². The third kappa shape index (κ3) is 7.49. The predicted molar refractivity (Wildman–Crippen MR) is 102 cm³/mol. The molecule has 0 unspecified atom stereocenters. The van der Waals surface area contributed by atoms with E-state index in [1.807, 2.05) is 48.5 Å². The maximum absolute atomic E-state index is 11.1. The third-order valence-corrected chi connectivity index (χ3v) is 4.19. The van der Waals surface area contributed by atoms with E-state index >= 15 is 0 Å². The first-order valence-corrected chi connectivity index (χ1v) is 9.11. The van der Waals surface area contributed by atoms with Crippen molar-refractivity contribution in [2.45, 2.75) is 11.8 Å². The molecule has 132 valence electrons. The lowest BCUT2D eigenvalue weighted by Gasteiger charge is -2.06. The Morgan fingerprint density at radius 2 is 1.92 bits per heavy atom. The van der Waals surface area contributed by atoms with E-state index in [-0.39, 0.29) is 0 Å². The number of carbonyl (C=O) groups excluding carboxylic acids is 1. The summed E-state index contributed by atoms with van der Waals surface area (Å²) < 4.78 is 10.4. The summed E-state index contributed by atoms with van der Waals surface area (Å²) in [4.78, 5) is 12.2. The average molecular weight is 379 g/mol. The molecule has 0 aliphatic heterocycles. The van der Waals surface area contributed by atoms with Crippen LogP contribution in [0.2, 0.25) is 5.02 Å². The second-order valence-electron chi connectivity index (χ2n) is 4.81. The Bertz CT molecular complexity index is 690. The van der Waals surface area contributed by atoms with Crippen LogP contribution in [0.1, 0.15) is 12.5 Å². The molecule has 2 rings (SSSR count). The molecule has 2 aromatic carbocycles. The third-order valence-electron chi connectivity index (χ3n) is 2.96. The summed E-state index contributed by atoms with van der Waals surface area (Å²) in [6.07, 6.45) is 0.966. The number of hydrogen-bond acceptors (Lipinski definition) is 5. The van der Waals surface area contributed by atoms with Gasteiger partial charge in [-0.2, -0.15) is 5.10 Å². The highest BCUT2D eigenvalue weighted by atomic mass is 35.5. The van der Waals surface area contributed by atoms with Gasteiger partial charge in [-0.3, -0.25) is 0 Å². The van der Waals surface area contributed by atoms with Crippen LogP contribution in [0.3, 0.4) is 0 Å². The van der Waals surface area contributed by atoms with E-state index in [0.717, 1.165) is 27.0 Å². The molecule has 2 aromatic rings. The van der Waals surface area contributed by atoms with Gasteiger partial charge >= 0.3 is 6.09 Å². The summed E-state index contributed by atoms with van der Waals surface area (Å²) in [5.41, 5.74) is 3.12. The number of nitrogens with one attached hydrogen (secondary N) is 1. The van der Waals surface area contributed by atoms with Crippen LogP contribution in [0.25, 0.3) is 0 Å². The van der Waals surface area contributed by atoms with Crippen LogP contribution in [0.4, 0.5) is 4.79 Å². The van der Waals surface area contributed by atoms with Gasteiger partial charge in [0.05, 0.1) is 19.4 Å². The van der Waals surface area contributed by atoms with Crippen LogP contribution in [0.5, 0.6) is 5.75 Å². The summed E-state index contributed by atoms with van der Waals surface area (Å²) in [5.74, 6) is 1.63. The Morgan fingerprint density at radius 1 is 1.20 bits per heavy atom. The van der Waals surface area contributed by atoms with Crippen molar-refractivity contribution in [2.75, 3.05) is 19.0 Å². The van der Waals surface area contributed by atoms with E-state index in [4.69, 9.17) is 21.1 Å². The minimum Gasteiger partial charge on any atom is -0.493 e. The monoisotopic (exact) mass is 378 g/mol. The molecule has 0 heterocycles. The van der Waals surface area contributed by atoms with Gasteiger partial charge in [-0.15, -0.1) is 11.8 Å². The molecule has 25 heavy (non-hydrogen) atoms. The van der Waals surface area contributed by atoms with Crippen molar-refractivity contribution < 1.29 is 14.3 Å². The Labute approximate surface area is 156 Å². The average Bonchev–Trinajstić information content (AvgIpc) is 2.62. The first-order chi connectivity index (χ1) is 12.2. The van der Waals surface area contributed by atoms with E-state index < -0.39 is 6.09 Å². The SMILES string of the molecule is CCOC(=O)N/N=C\c1ccc(OCCSc2ccc(Cl)cc2)cc1. The molecular weight excluding hydrogens is 360 g/mol. The normalized spacial score (nSPS) is 10.6. The maximum Gasteiger partial charge on any atom is 0.427 e. The van der Waals surface area contributed by atoms with Crippen molar-refractivity contribution in [1.29, 1.82) is 0 Å².